The minimum absolute atomic E-state index is 0.143. The lowest BCUT2D eigenvalue weighted by Gasteiger charge is -2.33. The molecule has 0 saturated carbocycles. The molecule has 30 heavy (non-hydrogen) atoms. The van der Waals surface area contributed by atoms with Crippen LogP contribution in [0.15, 0.2) is 73.1 Å². The van der Waals surface area contributed by atoms with Crippen molar-refractivity contribution in [3.63, 3.8) is 0 Å². The Bertz CT molecular complexity index is 1200. The lowest BCUT2D eigenvalue weighted by Crippen LogP contribution is -2.39. The zero-order valence-electron chi connectivity index (χ0n) is 16.5. The van der Waals surface area contributed by atoms with Crippen molar-refractivity contribution in [3.8, 4) is 11.1 Å². The van der Waals surface area contributed by atoms with Crippen LogP contribution in [0.25, 0.3) is 22.0 Å². The van der Waals surface area contributed by atoms with Crippen LogP contribution in [-0.2, 0) is 0 Å². The van der Waals surface area contributed by atoms with Gasteiger partial charge in [-0.25, -0.2) is 4.39 Å². The summed E-state index contributed by atoms with van der Waals surface area (Å²) in [4.78, 5) is 22.5. The highest BCUT2D eigenvalue weighted by molar-refractivity contribution is 5.98. The van der Waals surface area contributed by atoms with E-state index in [9.17, 15) is 9.18 Å². The first-order valence-electron chi connectivity index (χ1n) is 10.3. The number of carbonyl (C=O) groups is 1. The van der Waals surface area contributed by atoms with E-state index in [1.165, 1.54) is 6.07 Å². The topological polar surface area (TPSA) is 49.0 Å². The molecule has 3 heterocycles. The first-order valence-corrected chi connectivity index (χ1v) is 10.3. The number of nitrogens with one attached hydrogen (secondary N) is 1. The van der Waals surface area contributed by atoms with E-state index in [0.29, 0.717) is 13.1 Å². The molecular weight excluding hydrogens is 377 g/mol. The molecule has 2 aromatic carbocycles. The zero-order valence-corrected chi connectivity index (χ0v) is 16.5. The molecular formula is C25H22FN3O. The number of para-hydroxylation sites is 1. The van der Waals surface area contributed by atoms with Crippen molar-refractivity contribution in [1.82, 2.24) is 14.9 Å². The molecule has 1 N–H and O–H groups in total. The summed E-state index contributed by atoms with van der Waals surface area (Å²) in [5.74, 6) is -0.544. The van der Waals surface area contributed by atoms with Crippen LogP contribution in [0.3, 0.4) is 0 Å². The van der Waals surface area contributed by atoms with Gasteiger partial charge >= 0.3 is 0 Å². The van der Waals surface area contributed by atoms with Gasteiger partial charge in [0.2, 0.25) is 0 Å². The Hall–Kier alpha value is -3.47. The summed E-state index contributed by atoms with van der Waals surface area (Å²) in [7, 11) is 0. The molecule has 0 radical (unpaired) electrons. The molecule has 0 bridgehead atoms. The van der Waals surface area contributed by atoms with Gasteiger partial charge in [0.05, 0.1) is 5.56 Å². The van der Waals surface area contributed by atoms with E-state index in [-0.39, 0.29) is 17.4 Å². The van der Waals surface area contributed by atoms with E-state index in [0.717, 1.165) is 40.6 Å². The highest BCUT2D eigenvalue weighted by atomic mass is 19.1. The summed E-state index contributed by atoms with van der Waals surface area (Å²) in [6, 6.07) is 18.5. The van der Waals surface area contributed by atoms with Gasteiger partial charge in [-0.15, -0.1) is 0 Å². The van der Waals surface area contributed by atoms with Gasteiger partial charge in [-0.05, 0) is 48.7 Å². The number of aromatic amines is 1. The van der Waals surface area contributed by atoms with E-state index in [1.807, 2.05) is 24.3 Å². The maximum atomic E-state index is 14.2. The normalized spacial score (nSPS) is 16.7. The Kier molecular flexibility index (Phi) is 4.79. The molecule has 4 aromatic rings. The Morgan fingerprint density at radius 1 is 1.03 bits per heavy atom. The maximum absolute atomic E-state index is 14.2. The number of nitrogens with zero attached hydrogens (tertiary/aromatic N) is 2. The number of rotatable bonds is 3. The van der Waals surface area contributed by atoms with E-state index in [2.05, 4.69) is 22.1 Å². The van der Waals surface area contributed by atoms with Crippen molar-refractivity contribution in [3.05, 3.63) is 90.1 Å². The van der Waals surface area contributed by atoms with Crippen LogP contribution < -0.4 is 0 Å². The van der Waals surface area contributed by atoms with Crippen LogP contribution >= 0.6 is 0 Å². The Labute approximate surface area is 174 Å². The van der Waals surface area contributed by atoms with Gasteiger partial charge in [-0.1, -0.05) is 30.3 Å². The summed E-state index contributed by atoms with van der Waals surface area (Å²) >= 11 is 0. The maximum Gasteiger partial charge on any atom is 0.256 e. The number of fused-ring (bicyclic) bond motifs is 1. The van der Waals surface area contributed by atoms with Gasteiger partial charge in [-0.2, -0.15) is 0 Å². The Balaban J connectivity index is 1.53. The number of halogens is 1. The van der Waals surface area contributed by atoms with Crippen LogP contribution in [0.4, 0.5) is 4.39 Å². The van der Waals surface area contributed by atoms with Crippen LogP contribution in [0.2, 0.25) is 0 Å². The number of hydrogen-bond donors (Lipinski definition) is 1. The van der Waals surface area contributed by atoms with Crippen molar-refractivity contribution in [2.75, 3.05) is 13.1 Å². The first-order chi connectivity index (χ1) is 14.7. The minimum Gasteiger partial charge on any atom is -0.358 e. The molecule has 1 aliphatic rings. The van der Waals surface area contributed by atoms with Gasteiger partial charge in [-0.3, -0.25) is 9.78 Å². The fraction of sp³-hybridized carbons (Fsp3) is 0.200. The lowest BCUT2D eigenvalue weighted by molar-refractivity contribution is 0.0701. The third-order valence-corrected chi connectivity index (χ3v) is 5.93. The number of hydrogen-bond acceptors (Lipinski definition) is 2. The standard InChI is InChI=1S/C25H22FN3O/c26-21-9-3-1-7-19(21)25(30)29-15-5-6-18(16-29)24-23(17-11-13-27-14-12-17)20-8-2-4-10-22(20)28-24/h1-4,7-14,18,28H,5-6,15-16H2/t18-/m0/s1. The molecule has 1 atom stereocenters. The van der Waals surface area contributed by atoms with Crippen LogP contribution in [-0.4, -0.2) is 33.9 Å². The number of H-pyrrole nitrogens is 1. The van der Waals surface area contributed by atoms with Crippen molar-refractivity contribution in [2.24, 2.45) is 0 Å². The monoisotopic (exact) mass is 399 g/mol. The van der Waals surface area contributed by atoms with E-state index < -0.39 is 5.82 Å². The molecule has 1 saturated heterocycles. The second kappa shape index (κ2) is 7.75. The van der Waals surface area contributed by atoms with Gasteiger partial charge < -0.3 is 9.88 Å². The highest BCUT2D eigenvalue weighted by Gasteiger charge is 2.29. The van der Waals surface area contributed by atoms with Gasteiger partial charge in [0.15, 0.2) is 0 Å². The number of likely N-dealkylation sites (tertiary alicyclic amines) is 1. The number of amides is 1. The number of carbonyl (C=O) groups excluding carboxylic acids is 1. The van der Waals surface area contributed by atoms with Crippen molar-refractivity contribution in [2.45, 2.75) is 18.8 Å². The molecule has 5 rings (SSSR count). The SMILES string of the molecule is O=C(c1ccccc1F)N1CCC[C@H](c2[nH]c3ccccc3c2-c2ccncc2)C1. The molecule has 1 aliphatic heterocycles. The molecule has 2 aromatic heterocycles. The highest BCUT2D eigenvalue weighted by Crippen LogP contribution is 2.39. The predicted octanol–water partition coefficient (Wildman–Crippen LogP) is 5.39. The molecule has 0 spiro atoms. The van der Waals surface area contributed by atoms with Crippen molar-refractivity contribution in [1.29, 1.82) is 0 Å². The van der Waals surface area contributed by atoms with Gasteiger partial charge in [0, 0.05) is 53.6 Å². The summed E-state index contributed by atoms with van der Waals surface area (Å²) in [5, 5.41) is 1.16. The minimum atomic E-state index is -0.465. The summed E-state index contributed by atoms with van der Waals surface area (Å²) in [6.45, 7) is 1.21. The zero-order chi connectivity index (χ0) is 20.5. The van der Waals surface area contributed by atoms with Crippen molar-refractivity contribution < 1.29 is 9.18 Å². The third-order valence-electron chi connectivity index (χ3n) is 5.93. The predicted molar refractivity (Wildman–Crippen MR) is 116 cm³/mol. The summed E-state index contributed by atoms with van der Waals surface area (Å²) < 4.78 is 14.2. The van der Waals surface area contributed by atoms with Gasteiger partial charge in [0.25, 0.3) is 5.91 Å². The molecule has 5 heteroatoms. The van der Waals surface area contributed by atoms with E-state index >= 15 is 0 Å². The number of piperidine rings is 1. The fourth-order valence-corrected chi connectivity index (χ4v) is 4.50. The third kappa shape index (κ3) is 3.26. The lowest BCUT2D eigenvalue weighted by atomic mass is 9.89. The number of pyridine rings is 1. The quantitative estimate of drug-likeness (QED) is 0.502. The van der Waals surface area contributed by atoms with Crippen LogP contribution in [0.1, 0.15) is 34.8 Å². The molecule has 0 unspecified atom stereocenters. The average Bonchev–Trinajstić information content (AvgIpc) is 3.19. The fourth-order valence-electron chi connectivity index (χ4n) is 4.50. The molecule has 0 aliphatic carbocycles. The van der Waals surface area contributed by atoms with E-state index in [1.54, 1.807) is 35.5 Å². The first kappa shape index (κ1) is 18.6. The number of aromatic nitrogens is 2. The second-order valence-corrected chi connectivity index (χ2v) is 7.77. The second-order valence-electron chi connectivity index (χ2n) is 7.77. The average molecular weight is 399 g/mol. The van der Waals surface area contributed by atoms with Crippen molar-refractivity contribution >= 4 is 16.8 Å². The summed E-state index contributed by atoms with van der Waals surface area (Å²) in [6.07, 6.45) is 5.47. The smallest absolute Gasteiger partial charge is 0.256 e. The molecule has 4 nitrogen and oxygen atoms in total. The summed E-state index contributed by atoms with van der Waals surface area (Å²) in [5.41, 5.74) is 4.63. The van der Waals surface area contributed by atoms with Gasteiger partial charge in [0.1, 0.15) is 5.82 Å². The molecule has 150 valence electrons. The van der Waals surface area contributed by atoms with Crippen LogP contribution in [0.5, 0.6) is 0 Å². The largest absolute Gasteiger partial charge is 0.358 e. The van der Waals surface area contributed by atoms with Crippen LogP contribution in [0, 0.1) is 5.82 Å². The Morgan fingerprint density at radius 3 is 2.63 bits per heavy atom. The Morgan fingerprint density at radius 2 is 1.80 bits per heavy atom. The van der Waals surface area contributed by atoms with E-state index in [4.69, 9.17) is 0 Å². The molecule has 1 amide bonds. The number of benzene rings is 2. The molecule has 1 fully saturated rings.